The number of carboxylic acids is 1. The Morgan fingerprint density at radius 1 is 0.951 bits per heavy atom. The summed E-state index contributed by atoms with van der Waals surface area (Å²) < 4.78 is 1.83. The number of nitrogens with one attached hydrogen (secondary N) is 1. The van der Waals surface area contributed by atoms with E-state index in [-0.39, 0.29) is 17.4 Å². The minimum absolute atomic E-state index is 0.0301. The minimum Gasteiger partial charge on any atom is -0.479 e. The number of hydrogen-bond donors (Lipinski definition) is 2. The second-order valence-electron chi connectivity index (χ2n) is 12.5. The summed E-state index contributed by atoms with van der Waals surface area (Å²) in [5.74, 6) is -0.170. The Bertz CT molecular complexity index is 1360. The van der Waals surface area contributed by atoms with Crippen molar-refractivity contribution in [3.63, 3.8) is 0 Å². The van der Waals surface area contributed by atoms with Gasteiger partial charge < -0.3 is 19.8 Å². The highest BCUT2D eigenvalue weighted by atomic mass is 16.6. The van der Waals surface area contributed by atoms with E-state index < -0.39 is 24.0 Å². The predicted molar refractivity (Wildman–Crippen MR) is 155 cm³/mol. The van der Waals surface area contributed by atoms with Gasteiger partial charge in [-0.3, -0.25) is 14.5 Å². The zero-order valence-electron chi connectivity index (χ0n) is 23.8. The van der Waals surface area contributed by atoms with Crippen LogP contribution in [0.15, 0.2) is 34.2 Å². The van der Waals surface area contributed by atoms with Crippen LogP contribution in [0.5, 0.6) is 0 Å². The molecule has 2 N–H and O–H groups in total. The van der Waals surface area contributed by atoms with Gasteiger partial charge >= 0.3 is 5.97 Å². The highest BCUT2D eigenvalue weighted by Gasteiger charge is 2.45. The summed E-state index contributed by atoms with van der Waals surface area (Å²) in [6.45, 7) is -0.729. The Balaban J connectivity index is 1.35. The first kappa shape index (κ1) is 27.9. The summed E-state index contributed by atoms with van der Waals surface area (Å²) >= 11 is 0. The summed E-state index contributed by atoms with van der Waals surface area (Å²) in [6.07, 6.45) is 14.9. The predicted octanol–water partition coefficient (Wildman–Crippen LogP) is 3.86. The Hall–Kier alpha value is -3.27. The highest BCUT2D eigenvalue weighted by Crippen LogP contribution is 2.47. The number of rotatable bonds is 7. The topological polar surface area (TPSA) is 126 Å². The third-order valence-electron chi connectivity index (χ3n) is 9.95. The molecule has 4 bridgehead atoms. The van der Waals surface area contributed by atoms with Gasteiger partial charge in [0.15, 0.2) is 11.4 Å². The monoisotopic (exact) mass is 563 g/mol. The van der Waals surface area contributed by atoms with Crippen molar-refractivity contribution in [3.8, 4) is 0 Å². The van der Waals surface area contributed by atoms with Crippen LogP contribution in [0.3, 0.4) is 0 Å². The van der Waals surface area contributed by atoms with Crippen molar-refractivity contribution >= 4 is 28.6 Å². The SMILES string of the molecule is CNC(=O)/C(=N\OCC(=O)O)c1nc2ccccc2n([C@H]2C[C@H]3CCC[C@@H](C2)N3[C@@H]2C[C@@H]3CCCC[C@@H](C3)C2)c1=O. The molecular formula is C31H41N5O5. The van der Waals surface area contributed by atoms with Crippen LogP contribution in [0, 0.1) is 11.8 Å². The third-order valence-corrected chi connectivity index (χ3v) is 9.95. The molecule has 10 heteroatoms. The Labute approximate surface area is 240 Å². The van der Waals surface area contributed by atoms with Crippen LogP contribution in [0.1, 0.15) is 88.8 Å². The van der Waals surface area contributed by atoms with Crippen LogP contribution < -0.4 is 10.9 Å². The zero-order chi connectivity index (χ0) is 28.5. The molecule has 2 saturated heterocycles. The fourth-order valence-electron chi connectivity index (χ4n) is 8.44. The molecule has 6 atom stereocenters. The highest BCUT2D eigenvalue weighted by molar-refractivity contribution is 6.44. The van der Waals surface area contributed by atoms with Crippen molar-refractivity contribution < 1.29 is 19.5 Å². The average Bonchev–Trinajstić information content (AvgIpc) is 3.13. The van der Waals surface area contributed by atoms with E-state index in [2.05, 4.69) is 20.4 Å². The number of hydrogen-bond acceptors (Lipinski definition) is 7. The number of oxime groups is 1. The van der Waals surface area contributed by atoms with Gasteiger partial charge in [-0.2, -0.15) is 0 Å². The van der Waals surface area contributed by atoms with Crippen molar-refractivity contribution in [2.24, 2.45) is 17.0 Å². The minimum atomic E-state index is -1.23. The smallest absolute Gasteiger partial charge is 0.344 e. The summed E-state index contributed by atoms with van der Waals surface area (Å²) in [6, 6.07) is 8.99. The molecule has 6 rings (SSSR count). The molecule has 1 amide bonds. The number of carboxylic acid groups (broad SMARTS) is 1. The number of nitrogens with zero attached hydrogens (tertiary/aromatic N) is 4. The second-order valence-corrected chi connectivity index (χ2v) is 12.5. The molecule has 3 heterocycles. The van der Waals surface area contributed by atoms with Gasteiger partial charge in [-0.25, -0.2) is 9.78 Å². The maximum absolute atomic E-state index is 14.2. The molecule has 1 aromatic heterocycles. The number of carbonyl (C=O) groups excluding carboxylic acids is 1. The lowest BCUT2D eigenvalue weighted by Gasteiger charge is -2.54. The average molecular weight is 564 g/mol. The van der Waals surface area contributed by atoms with Gasteiger partial charge in [-0.1, -0.05) is 49.4 Å². The molecule has 220 valence electrons. The molecule has 10 nitrogen and oxygen atoms in total. The fraction of sp³-hybridized carbons (Fsp3) is 0.645. The van der Waals surface area contributed by atoms with Gasteiger partial charge in [0.25, 0.3) is 11.5 Å². The number of aliphatic carboxylic acids is 1. The van der Waals surface area contributed by atoms with Gasteiger partial charge in [0.05, 0.1) is 11.0 Å². The molecule has 0 radical (unpaired) electrons. The van der Waals surface area contributed by atoms with Gasteiger partial charge in [0.1, 0.15) is 0 Å². The first-order chi connectivity index (χ1) is 19.9. The fourth-order valence-corrected chi connectivity index (χ4v) is 8.44. The number of carbonyl (C=O) groups is 2. The van der Waals surface area contributed by atoms with Crippen LogP contribution >= 0.6 is 0 Å². The number of benzene rings is 1. The van der Waals surface area contributed by atoms with E-state index in [1.165, 1.54) is 58.4 Å². The summed E-state index contributed by atoms with van der Waals surface area (Å²) in [5, 5.41) is 15.2. The van der Waals surface area contributed by atoms with Gasteiger partial charge in [-0.05, 0) is 68.9 Å². The van der Waals surface area contributed by atoms with Crippen LogP contribution in [0.4, 0.5) is 0 Å². The molecule has 0 spiro atoms. The first-order valence-corrected chi connectivity index (χ1v) is 15.4. The summed E-state index contributed by atoms with van der Waals surface area (Å²) in [5.41, 5.74) is 0.480. The van der Waals surface area contributed by atoms with E-state index in [1.807, 2.05) is 28.8 Å². The Morgan fingerprint density at radius 2 is 1.63 bits per heavy atom. The molecule has 4 aliphatic rings. The number of aromatic nitrogens is 2. The van der Waals surface area contributed by atoms with Gasteiger partial charge in [0, 0.05) is 31.2 Å². The van der Waals surface area contributed by atoms with E-state index in [1.54, 1.807) is 0 Å². The van der Waals surface area contributed by atoms with Crippen LogP contribution in [0.25, 0.3) is 11.0 Å². The lowest BCUT2D eigenvalue weighted by molar-refractivity contribution is -0.142. The summed E-state index contributed by atoms with van der Waals surface area (Å²) in [4.78, 5) is 50.3. The van der Waals surface area contributed by atoms with Crippen molar-refractivity contribution in [2.75, 3.05) is 13.7 Å². The molecule has 2 aliphatic heterocycles. The maximum atomic E-state index is 14.2. The normalized spacial score (nSPS) is 30.4. The molecule has 2 aromatic rings. The lowest BCUT2D eigenvalue weighted by atomic mass is 9.73. The molecule has 41 heavy (non-hydrogen) atoms. The van der Waals surface area contributed by atoms with Crippen LogP contribution in [-0.2, 0) is 14.4 Å². The molecule has 2 aliphatic carbocycles. The van der Waals surface area contributed by atoms with Crippen molar-refractivity contribution in [1.29, 1.82) is 0 Å². The van der Waals surface area contributed by atoms with E-state index in [4.69, 9.17) is 9.94 Å². The number of likely N-dealkylation sites (N-methyl/N-ethyl adjacent to an activating group) is 1. The lowest BCUT2D eigenvalue weighted by Crippen LogP contribution is -2.58. The van der Waals surface area contributed by atoms with E-state index in [9.17, 15) is 14.4 Å². The standard InChI is InChI=1S/C31H41N5O5/c1-32-30(39)28(34-41-18-27(37)38)29-31(40)36(26-12-5-4-11-25(26)33-29)24-16-21-9-6-10-22(17-24)35(21)23-14-19-7-2-3-8-20(13-19)15-23/h4-5,11-12,19-24H,2-3,6-10,13-18H2,1H3,(H,32,39)(H,37,38)/b34-28-/t19-,20+,21-,22+,23-,24+. The number of amides is 1. The van der Waals surface area contributed by atoms with Crippen molar-refractivity contribution in [3.05, 3.63) is 40.3 Å². The largest absolute Gasteiger partial charge is 0.479 e. The Kier molecular flexibility index (Phi) is 8.10. The molecule has 2 saturated carbocycles. The van der Waals surface area contributed by atoms with E-state index in [0.717, 1.165) is 43.0 Å². The number of para-hydroxylation sites is 2. The van der Waals surface area contributed by atoms with Gasteiger partial charge in [-0.15, -0.1) is 0 Å². The van der Waals surface area contributed by atoms with Gasteiger partial charge in [0.2, 0.25) is 6.61 Å². The quantitative estimate of drug-likeness (QED) is 0.387. The Morgan fingerprint density at radius 3 is 2.29 bits per heavy atom. The number of piperidine rings is 2. The number of fused-ring (bicyclic) bond motifs is 5. The second kappa shape index (κ2) is 11.9. The van der Waals surface area contributed by atoms with E-state index in [0.29, 0.717) is 23.6 Å². The molecule has 0 unspecified atom stereocenters. The third kappa shape index (κ3) is 5.63. The summed E-state index contributed by atoms with van der Waals surface area (Å²) in [7, 11) is 1.42. The zero-order valence-corrected chi connectivity index (χ0v) is 23.8. The van der Waals surface area contributed by atoms with Crippen molar-refractivity contribution in [1.82, 2.24) is 19.8 Å². The van der Waals surface area contributed by atoms with E-state index >= 15 is 0 Å². The molecular weight excluding hydrogens is 522 g/mol. The van der Waals surface area contributed by atoms with Crippen molar-refractivity contribution in [2.45, 2.75) is 101 Å². The van der Waals surface area contributed by atoms with Crippen LogP contribution in [0.2, 0.25) is 0 Å². The first-order valence-electron chi connectivity index (χ1n) is 15.4. The van der Waals surface area contributed by atoms with Crippen LogP contribution in [-0.4, -0.2) is 68.9 Å². The molecule has 1 aromatic carbocycles. The maximum Gasteiger partial charge on any atom is 0.344 e. The molecule has 4 fully saturated rings.